The Labute approximate surface area is 178 Å². The first-order valence-corrected chi connectivity index (χ1v) is 9.39. The number of nitrogens with zero attached hydrogens (tertiary/aromatic N) is 2. The second-order valence-corrected chi connectivity index (χ2v) is 7.44. The molecule has 0 saturated carbocycles. The van der Waals surface area contributed by atoms with E-state index in [1.54, 1.807) is 44.9 Å². The molecule has 0 heterocycles. The lowest BCUT2D eigenvalue weighted by Crippen LogP contribution is -2.30. The molecule has 0 saturated heterocycles. The maximum atomic E-state index is 12.4. The van der Waals surface area contributed by atoms with Crippen molar-refractivity contribution >= 4 is 17.3 Å². The van der Waals surface area contributed by atoms with Crippen LogP contribution in [-0.4, -0.2) is 42.1 Å². The van der Waals surface area contributed by atoms with Gasteiger partial charge in [0.05, 0.1) is 11.5 Å². The molecule has 0 aliphatic rings. The molecule has 0 fully saturated rings. The first-order valence-electron chi connectivity index (χ1n) is 9.39. The molecule has 2 rings (SSSR count). The smallest absolute Gasteiger partial charge is 0.422 e. The van der Waals surface area contributed by atoms with Crippen molar-refractivity contribution in [3.63, 3.8) is 0 Å². The predicted octanol–water partition coefficient (Wildman–Crippen LogP) is 4.53. The molecule has 0 atom stereocenters. The van der Waals surface area contributed by atoms with Gasteiger partial charge in [-0.1, -0.05) is 12.1 Å². The topological polar surface area (TPSA) is 84.7 Å². The molecule has 0 bridgehead atoms. The molecule has 0 spiro atoms. The molecule has 0 aliphatic heterocycles. The van der Waals surface area contributed by atoms with E-state index in [1.165, 1.54) is 18.2 Å². The van der Waals surface area contributed by atoms with E-state index < -0.39 is 17.7 Å². The van der Waals surface area contributed by atoms with Crippen LogP contribution in [0, 0.1) is 30.9 Å². The fourth-order valence-electron chi connectivity index (χ4n) is 3.22. The number of halogens is 3. The Morgan fingerprint density at radius 3 is 2.26 bits per heavy atom. The highest BCUT2D eigenvalue weighted by molar-refractivity contribution is 5.93. The summed E-state index contributed by atoms with van der Waals surface area (Å²) in [5.74, 6) is -0.0897. The number of nitro groups is 1. The maximum Gasteiger partial charge on any atom is 0.422 e. The van der Waals surface area contributed by atoms with Crippen LogP contribution in [0.3, 0.4) is 0 Å². The van der Waals surface area contributed by atoms with E-state index in [0.717, 1.165) is 5.56 Å². The van der Waals surface area contributed by atoms with Crippen molar-refractivity contribution in [2.45, 2.75) is 33.5 Å². The molecule has 0 unspecified atom stereocenters. The number of benzene rings is 2. The van der Waals surface area contributed by atoms with E-state index in [1.807, 2.05) is 0 Å². The highest BCUT2D eigenvalue weighted by Gasteiger charge is 2.29. The van der Waals surface area contributed by atoms with Crippen LogP contribution in [-0.2, 0) is 11.3 Å². The van der Waals surface area contributed by atoms with Gasteiger partial charge in [-0.15, -0.1) is 0 Å². The number of rotatable bonds is 8. The molecule has 2 aromatic carbocycles. The number of hydrogen-bond acceptors (Lipinski definition) is 5. The van der Waals surface area contributed by atoms with Gasteiger partial charge in [0, 0.05) is 24.4 Å². The van der Waals surface area contributed by atoms with Gasteiger partial charge in [0.25, 0.3) is 5.69 Å². The number of non-ortho nitro benzene ring substituents is 1. The lowest BCUT2D eigenvalue weighted by Gasteiger charge is -2.19. The molecule has 0 aliphatic carbocycles. The number of amides is 1. The SMILES string of the molecule is Cc1cc([N+](=O)[O-])ccc1NC(=O)CN(C)Cc1cc(C)c(OCC(F)(F)F)c(C)c1. The minimum absolute atomic E-state index is 0.0546. The number of aryl methyl sites for hydroxylation is 3. The summed E-state index contributed by atoms with van der Waals surface area (Å²) >= 11 is 0. The normalized spacial score (nSPS) is 11.5. The van der Waals surface area contributed by atoms with E-state index in [2.05, 4.69) is 5.32 Å². The molecule has 1 N–H and O–H groups in total. The van der Waals surface area contributed by atoms with Gasteiger partial charge in [-0.3, -0.25) is 19.8 Å². The molecule has 1 amide bonds. The first kappa shape index (κ1) is 24.1. The van der Waals surface area contributed by atoms with Crippen LogP contribution in [0.25, 0.3) is 0 Å². The number of carbonyl (C=O) groups is 1. The van der Waals surface area contributed by atoms with Crippen molar-refractivity contribution in [2.24, 2.45) is 0 Å². The Bertz CT molecular complexity index is 954. The fraction of sp³-hybridized carbons (Fsp3) is 0.381. The van der Waals surface area contributed by atoms with E-state index in [0.29, 0.717) is 28.9 Å². The zero-order valence-corrected chi connectivity index (χ0v) is 17.7. The number of likely N-dealkylation sites (N-methyl/N-ethyl adjacent to an activating group) is 1. The van der Waals surface area contributed by atoms with Crippen LogP contribution in [0.15, 0.2) is 30.3 Å². The summed E-state index contributed by atoms with van der Waals surface area (Å²) in [5.41, 5.74) is 3.00. The highest BCUT2D eigenvalue weighted by atomic mass is 19.4. The summed E-state index contributed by atoms with van der Waals surface area (Å²) in [6.45, 7) is 4.11. The Kier molecular flexibility index (Phi) is 7.61. The monoisotopic (exact) mass is 439 g/mol. The molecule has 0 radical (unpaired) electrons. The number of anilines is 1. The van der Waals surface area contributed by atoms with Gasteiger partial charge in [-0.25, -0.2) is 0 Å². The number of nitro benzene ring substituents is 1. The minimum atomic E-state index is -4.41. The summed E-state index contributed by atoms with van der Waals surface area (Å²) in [7, 11) is 1.74. The molecule has 7 nitrogen and oxygen atoms in total. The van der Waals surface area contributed by atoms with Gasteiger partial charge in [-0.05, 0) is 56.1 Å². The van der Waals surface area contributed by atoms with Crippen LogP contribution in [0.4, 0.5) is 24.5 Å². The lowest BCUT2D eigenvalue weighted by molar-refractivity contribution is -0.384. The zero-order valence-electron chi connectivity index (χ0n) is 17.7. The van der Waals surface area contributed by atoms with Crippen LogP contribution < -0.4 is 10.1 Å². The van der Waals surface area contributed by atoms with E-state index in [4.69, 9.17) is 4.74 Å². The average molecular weight is 439 g/mol. The summed E-state index contributed by atoms with van der Waals surface area (Å²) in [6.07, 6.45) is -4.41. The quantitative estimate of drug-likeness (QED) is 0.483. The van der Waals surface area contributed by atoms with E-state index in [-0.39, 0.29) is 23.9 Å². The van der Waals surface area contributed by atoms with Gasteiger partial charge in [-0.2, -0.15) is 13.2 Å². The molecule has 10 heteroatoms. The average Bonchev–Trinajstić information content (AvgIpc) is 2.61. The fourth-order valence-corrected chi connectivity index (χ4v) is 3.22. The number of hydrogen-bond donors (Lipinski definition) is 1. The maximum absolute atomic E-state index is 12.4. The van der Waals surface area contributed by atoms with Crippen molar-refractivity contribution in [1.29, 1.82) is 0 Å². The zero-order chi connectivity index (χ0) is 23.3. The van der Waals surface area contributed by atoms with Gasteiger partial charge >= 0.3 is 6.18 Å². The summed E-state index contributed by atoms with van der Waals surface area (Å²) in [5, 5.41) is 13.5. The Balaban J connectivity index is 1.98. The molecule has 31 heavy (non-hydrogen) atoms. The van der Waals surface area contributed by atoms with Gasteiger partial charge in [0.1, 0.15) is 5.75 Å². The van der Waals surface area contributed by atoms with Crippen LogP contribution in [0.5, 0.6) is 5.75 Å². The van der Waals surface area contributed by atoms with E-state index in [9.17, 15) is 28.1 Å². The predicted molar refractivity (Wildman–Crippen MR) is 110 cm³/mol. The number of carbonyl (C=O) groups excluding carboxylic acids is 1. The third-order valence-corrected chi connectivity index (χ3v) is 4.46. The van der Waals surface area contributed by atoms with Crippen molar-refractivity contribution in [3.05, 3.63) is 62.7 Å². The second-order valence-electron chi connectivity index (χ2n) is 7.44. The lowest BCUT2D eigenvalue weighted by atomic mass is 10.1. The van der Waals surface area contributed by atoms with Crippen LogP contribution in [0.1, 0.15) is 22.3 Å². The van der Waals surface area contributed by atoms with Gasteiger partial charge in [0.15, 0.2) is 6.61 Å². The first-order chi connectivity index (χ1) is 14.4. The summed E-state index contributed by atoms with van der Waals surface area (Å²) < 4.78 is 42.2. The number of nitrogens with one attached hydrogen (secondary N) is 1. The summed E-state index contributed by atoms with van der Waals surface area (Å²) in [6, 6.07) is 7.65. The second kappa shape index (κ2) is 9.78. The standard InChI is InChI=1S/C21H24F3N3O4/c1-13-9-17(27(29)30)5-6-18(13)25-19(28)11-26(4)10-16-7-14(2)20(15(3)8-16)31-12-21(22,23)24/h5-9H,10-12H2,1-4H3,(H,25,28). The number of ether oxygens (including phenoxy) is 1. The van der Waals surface area contributed by atoms with Crippen molar-refractivity contribution in [3.8, 4) is 5.75 Å². The molecule has 2 aromatic rings. The summed E-state index contributed by atoms with van der Waals surface area (Å²) in [4.78, 5) is 24.4. The highest BCUT2D eigenvalue weighted by Crippen LogP contribution is 2.27. The Hall–Kier alpha value is -3.14. The van der Waals surface area contributed by atoms with Crippen molar-refractivity contribution < 1.29 is 27.6 Å². The van der Waals surface area contributed by atoms with Gasteiger partial charge in [0.2, 0.25) is 5.91 Å². The number of alkyl halides is 3. The Morgan fingerprint density at radius 1 is 1.13 bits per heavy atom. The van der Waals surface area contributed by atoms with Gasteiger partial charge < -0.3 is 10.1 Å². The molecular weight excluding hydrogens is 415 g/mol. The minimum Gasteiger partial charge on any atom is -0.484 e. The van der Waals surface area contributed by atoms with Crippen molar-refractivity contribution in [1.82, 2.24) is 4.90 Å². The molecular formula is C21H24F3N3O4. The largest absolute Gasteiger partial charge is 0.484 e. The molecule has 168 valence electrons. The Morgan fingerprint density at radius 2 is 1.74 bits per heavy atom. The van der Waals surface area contributed by atoms with Crippen LogP contribution in [0.2, 0.25) is 0 Å². The molecule has 0 aromatic heterocycles. The van der Waals surface area contributed by atoms with E-state index >= 15 is 0 Å². The third-order valence-electron chi connectivity index (χ3n) is 4.46. The third kappa shape index (κ3) is 7.25. The van der Waals surface area contributed by atoms with Crippen LogP contribution >= 0.6 is 0 Å². The van der Waals surface area contributed by atoms with Crippen molar-refractivity contribution in [2.75, 3.05) is 25.5 Å².